The van der Waals surface area contributed by atoms with Crippen LogP contribution >= 0.6 is 0 Å². The topological polar surface area (TPSA) is 69.2 Å². The zero-order chi connectivity index (χ0) is 3.58. The average molecular weight is 378 g/mol. The second-order valence-corrected chi connectivity index (χ2v) is 0.289. The van der Waals surface area contributed by atoms with Crippen LogP contribution in [0.2, 0.25) is 0 Å². The van der Waals surface area contributed by atoms with Gasteiger partial charge in [0.05, 0.1) is 0 Å². The van der Waals surface area contributed by atoms with Crippen LogP contribution in [0.5, 0.6) is 0 Å². The van der Waals surface area contributed by atoms with Crippen molar-refractivity contribution in [3.05, 3.63) is 0 Å². The first kappa shape index (κ1) is 15.7. The summed E-state index contributed by atoms with van der Waals surface area (Å²) in [6, 6.07) is 0. The van der Waals surface area contributed by atoms with Crippen molar-refractivity contribution in [1.29, 1.82) is 0 Å². The summed E-state index contributed by atoms with van der Waals surface area (Å²) in [7, 11) is -2.92. The van der Waals surface area contributed by atoms with E-state index < -0.39 is 7.32 Å². The molecule has 3 nitrogen and oxygen atoms in total. The predicted molar refractivity (Wildman–Crippen MR) is 11.5 cm³/mol. The third-order valence-electron chi connectivity index (χ3n) is 0. The normalized spacial score (nSPS) is 4.50. The molecule has 0 aromatic rings. The van der Waals surface area contributed by atoms with Gasteiger partial charge in [0, 0.05) is 0 Å². The molecule has 0 saturated carbocycles. The van der Waals surface area contributed by atoms with Crippen molar-refractivity contribution in [1.82, 2.24) is 0 Å². The molecule has 0 bridgehead atoms. The van der Waals surface area contributed by atoms with Crippen LogP contribution in [0.25, 0.3) is 0 Å². The van der Waals surface area contributed by atoms with Gasteiger partial charge in [0.1, 0.15) is 0 Å². The largest absolute Gasteiger partial charge is 2.00 e. The van der Waals surface area contributed by atoms with Crippen LogP contribution in [-0.2, 0) is 27.3 Å². The number of hydrogen-bond acceptors (Lipinski definition) is 3. The smallest absolute Gasteiger partial charge is 0.907 e. The summed E-state index contributed by atoms with van der Waals surface area (Å²) >= 11 is 0. The maximum absolute atomic E-state index is 8.42. The van der Waals surface area contributed by atoms with Crippen LogP contribution in [0.1, 0.15) is 0 Å². The predicted octanol–water partition coefficient (Wildman–Crippen LogP) is -4.33. The molecule has 0 saturated heterocycles. The van der Waals surface area contributed by atoms with Crippen LogP contribution in [0.4, 0.5) is 0 Å². The first-order chi connectivity index (χ1) is 1.73. The van der Waals surface area contributed by atoms with Gasteiger partial charge in [0.15, 0.2) is 0 Å². The molecule has 0 aliphatic heterocycles. The average Bonchev–Trinajstić information content (AvgIpc) is 0.811. The van der Waals surface area contributed by atoms with Crippen LogP contribution in [0.15, 0.2) is 0 Å². The zero-order valence-corrected chi connectivity index (χ0v) is 10.9. The summed E-state index contributed by atoms with van der Waals surface area (Å²) in [6.07, 6.45) is 0. The van der Waals surface area contributed by atoms with Crippen molar-refractivity contribution in [2.75, 3.05) is 0 Å². The molecule has 0 fully saturated rings. The molecule has 26 valence electrons. The van der Waals surface area contributed by atoms with Gasteiger partial charge in [-0.25, -0.2) is 0 Å². The molecule has 6 heavy (non-hydrogen) atoms. The first-order valence-corrected chi connectivity index (χ1v) is 0.707. The molecule has 0 aliphatic carbocycles. The van der Waals surface area contributed by atoms with E-state index in [2.05, 4.69) is 0 Å². The monoisotopic (exact) mass is 381 g/mol. The van der Waals surface area contributed by atoms with E-state index in [1.165, 1.54) is 0 Å². The van der Waals surface area contributed by atoms with Gasteiger partial charge in [-0.1, -0.05) is 0 Å². The molecule has 0 aromatic carbocycles. The summed E-state index contributed by atoms with van der Waals surface area (Å²) < 4.78 is 0. The van der Waals surface area contributed by atoms with E-state index in [1.807, 2.05) is 0 Å². The minimum absolute atomic E-state index is 0. The van der Waals surface area contributed by atoms with Gasteiger partial charge in [-0.2, -0.15) is 0 Å². The molecular weight excluding hydrogens is 378 g/mol. The Kier molecular flexibility index (Phi) is 25.9. The molecule has 0 atom stereocenters. The van der Waals surface area contributed by atoms with E-state index in [0.717, 1.165) is 0 Å². The first-order valence-electron chi connectivity index (χ1n) is 0.707. The standard InChI is InChI=1S/BO3.Cd.Pb/c2-1(3)4;;/q-3;2*+2. The van der Waals surface area contributed by atoms with Crippen molar-refractivity contribution in [2.45, 2.75) is 0 Å². The summed E-state index contributed by atoms with van der Waals surface area (Å²) in [5.74, 6) is 0. The van der Waals surface area contributed by atoms with Crippen molar-refractivity contribution in [3.63, 3.8) is 0 Å². The van der Waals surface area contributed by atoms with E-state index >= 15 is 0 Å². The number of hydrogen-bond donors (Lipinski definition) is 0. The van der Waals surface area contributed by atoms with E-state index in [9.17, 15) is 0 Å². The molecular formula is BCdO3Pb+. The fourth-order valence-electron chi connectivity index (χ4n) is 0. The van der Waals surface area contributed by atoms with Crippen LogP contribution in [-0.4, -0.2) is 34.6 Å². The second kappa shape index (κ2) is 9.92. The van der Waals surface area contributed by atoms with Gasteiger partial charge in [-0.05, 0) is 0 Å². The van der Waals surface area contributed by atoms with Gasteiger partial charge in [-0.15, -0.1) is 0 Å². The van der Waals surface area contributed by atoms with Gasteiger partial charge >= 0.3 is 54.6 Å². The quantitative estimate of drug-likeness (QED) is 0.401. The molecule has 2 radical (unpaired) electrons. The fraction of sp³-hybridized carbons (Fsp3) is 0. The molecule has 0 aromatic heterocycles. The Labute approximate surface area is 76.2 Å². The molecule has 0 amide bonds. The van der Waals surface area contributed by atoms with Crippen molar-refractivity contribution in [2.24, 2.45) is 0 Å². The molecule has 0 aliphatic rings. The van der Waals surface area contributed by atoms with Crippen LogP contribution in [0, 0.1) is 0 Å². The maximum atomic E-state index is 8.42. The van der Waals surface area contributed by atoms with E-state index in [-0.39, 0.29) is 54.6 Å². The van der Waals surface area contributed by atoms with E-state index in [1.54, 1.807) is 0 Å². The molecule has 0 unspecified atom stereocenters. The summed E-state index contributed by atoms with van der Waals surface area (Å²) in [4.78, 5) is 0. The third-order valence-corrected chi connectivity index (χ3v) is 0. The van der Waals surface area contributed by atoms with E-state index in [0.29, 0.717) is 0 Å². The van der Waals surface area contributed by atoms with Gasteiger partial charge in [-0.3, -0.25) is 7.32 Å². The van der Waals surface area contributed by atoms with Crippen LogP contribution < -0.4 is 15.1 Å². The molecule has 0 spiro atoms. The Morgan fingerprint density at radius 3 is 1.00 bits per heavy atom. The van der Waals surface area contributed by atoms with Crippen molar-refractivity contribution < 1.29 is 42.4 Å². The molecule has 0 heterocycles. The Morgan fingerprint density at radius 1 is 1.00 bits per heavy atom. The Balaban J connectivity index is -0.0000000450. The Hall–Kier alpha value is 1.79. The SMILES string of the molecule is [Cd+2].[O-]B([O-])[O-].[Pb+2]. The van der Waals surface area contributed by atoms with Crippen LogP contribution in [0.3, 0.4) is 0 Å². The molecule has 6 heteroatoms. The Morgan fingerprint density at radius 2 is 1.00 bits per heavy atom. The fourth-order valence-corrected chi connectivity index (χ4v) is 0. The Bertz CT molecular complexity index is 15.5. The van der Waals surface area contributed by atoms with Crippen molar-refractivity contribution >= 4 is 34.6 Å². The molecule has 0 N–H and O–H groups in total. The zero-order valence-electron chi connectivity index (χ0n) is 3.01. The summed E-state index contributed by atoms with van der Waals surface area (Å²) in [5, 5.41) is 25.2. The summed E-state index contributed by atoms with van der Waals surface area (Å²) in [5.41, 5.74) is 0. The minimum Gasteiger partial charge on any atom is -0.907 e. The third kappa shape index (κ3) is 41.5. The van der Waals surface area contributed by atoms with Gasteiger partial charge in [0.25, 0.3) is 0 Å². The maximum Gasteiger partial charge on any atom is 2.00 e. The molecule has 0 rings (SSSR count). The van der Waals surface area contributed by atoms with E-state index in [4.69, 9.17) is 15.1 Å². The van der Waals surface area contributed by atoms with Crippen molar-refractivity contribution in [3.8, 4) is 0 Å². The summed E-state index contributed by atoms with van der Waals surface area (Å²) in [6.45, 7) is 0. The minimum atomic E-state index is -2.92. The number of rotatable bonds is 0. The van der Waals surface area contributed by atoms with Gasteiger partial charge < -0.3 is 15.1 Å². The van der Waals surface area contributed by atoms with Gasteiger partial charge in [0.2, 0.25) is 0 Å². The second-order valence-electron chi connectivity index (χ2n) is 0.289.